The maximum Gasteiger partial charge on any atom is 0.266 e. The van der Waals surface area contributed by atoms with Crippen molar-refractivity contribution in [2.75, 3.05) is 19.0 Å². The van der Waals surface area contributed by atoms with Crippen LogP contribution in [-0.4, -0.2) is 34.7 Å². The maximum atomic E-state index is 12.7. The fourth-order valence-corrected chi connectivity index (χ4v) is 4.51. The SMILES string of the molecule is COc1ccccc1C=C1SC(=S)N(CCC(=O)Nc2cc(Cl)cc(Cl)c2)C1=O. The van der Waals surface area contributed by atoms with E-state index in [1.165, 1.54) is 16.7 Å². The number of carbonyl (C=O) groups is 2. The van der Waals surface area contributed by atoms with Gasteiger partial charge in [0.05, 0.1) is 12.0 Å². The first-order valence-corrected chi connectivity index (χ1v) is 10.5. The molecule has 9 heteroatoms. The van der Waals surface area contributed by atoms with Gasteiger partial charge in [0, 0.05) is 34.3 Å². The van der Waals surface area contributed by atoms with Crippen molar-refractivity contribution in [1.82, 2.24) is 4.90 Å². The highest BCUT2D eigenvalue weighted by atomic mass is 35.5. The molecule has 0 atom stereocenters. The Hall–Kier alpha value is -2.06. The lowest BCUT2D eigenvalue weighted by Gasteiger charge is -2.14. The van der Waals surface area contributed by atoms with E-state index in [4.69, 9.17) is 40.2 Å². The number of amides is 2. The van der Waals surface area contributed by atoms with E-state index >= 15 is 0 Å². The summed E-state index contributed by atoms with van der Waals surface area (Å²) in [6.07, 6.45) is 1.82. The van der Waals surface area contributed by atoms with Gasteiger partial charge in [0.15, 0.2) is 0 Å². The van der Waals surface area contributed by atoms with Crippen LogP contribution in [0.1, 0.15) is 12.0 Å². The maximum absolute atomic E-state index is 12.7. The molecule has 0 radical (unpaired) electrons. The molecule has 0 aromatic heterocycles. The first kappa shape index (κ1) is 21.6. The zero-order chi connectivity index (χ0) is 21.0. The van der Waals surface area contributed by atoms with Crippen molar-refractivity contribution in [2.45, 2.75) is 6.42 Å². The van der Waals surface area contributed by atoms with Gasteiger partial charge in [0.25, 0.3) is 5.91 Å². The van der Waals surface area contributed by atoms with E-state index in [-0.39, 0.29) is 24.8 Å². The van der Waals surface area contributed by atoms with Gasteiger partial charge in [-0.15, -0.1) is 0 Å². The van der Waals surface area contributed by atoms with Crippen LogP contribution in [0.3, 0.4) is 0 Å². The van der Waals surface area contributed by atoms with Gasteiger partial charge in [-0.2, -0.15) is 0 Å². The summed E-state index contributed by atoms with van der Waals surface area (Å²) >= 11 is 18.4. The number of hydrogen-bond acceptors (Lipinski definition) is 5. The lowest BCUT2D eigenvalue weighted by molar-refractivity contribution is -0.122. The third-order valence-electron chi connectivity index (χ3n) is 4.01. The van der Waals surface area contributed by atoms with Crippen molar-refractivity contribution >= 4 is 75.1 Å². The summed E-state index contributed by atoms with van der Waals surface area (Å²) in [5, 5.41) is 3.56. The Balaban J connectivity index is 1.64. The van der Waals surface area contributed by atoms with Gasteiger partial charge in [-0.3, -0.25) is 14.5 Å². The number of nitrogens with zero attached hydrogens (tertiary/aromatic N) is 1. The molecule has 0 unspecified atom stereocenters. The van der Waals surface area contributed by atoms with Gasteiger partial charge >= 0.3 is 0 Å². The molecule has 0 bridgehead atoms. The zero-order valence-corrected chi connectivity index (χ0v) is 18.4. The van der Waals surface area contributed by atoms with Crippen LogP contribution in [0.5, 0.6) is 5.75 Å². The normalized spacial score (nSPS) is 15.1. The van der Waals surface area contributed by atoms with Crippen LogP contribution >= 0.6 is 47.2 Å². The highest BCUT2D eigenvalue weighted by Crippen LogP contribution is 2.34. The van der Waals surface area contributed by atoms with Crippen LogP contribution in [0.15, 0.2) is 47.4 Å². The van der Waals surface area contributed by atoms with E-state index in [1.807, 2.05) is 24.3 Å². The van der Waals surface area contributed by atoms with Gasteiger partial charge in [-0.1, -0.05) is 65.4 Å². The fraction of sp³-hybridized carbons (Fsp3) is 0.150. The van der Waals surface area contributed by atoms with Crippen LogP contribution in [0.2, 0.25) is 10.0 Å². The second kappa shape index (κ2) is 9.63. The van der Waals surface area contributed by atoms with E-state index in [1.54, 1.807) is 31.4 Å². The largest absolute Gasteiger partial charge is 0.496 e. The molecule has 2 aromatic carbocycles. The molecular formula is C20H16Cl2N2O3S2. The van der Waals surface area contributed by atoms with Crippen molar-refractivity contribution in [3.8, 4) is 5.75 Å². The van der Waals surface area contributed by atoms with Gasteiger partial charge in [0.1, 0.15) is 10.1 Å². The Morgan fingerprint density at radius 2 is 1.93 bits per heavy atom. The number of methoxy groups -OCH3 is 1. The summed E-state index contributed by atoms with van der Waals surface area (Å²) in [4.78, 5) is 26.9. The minimum Gasteiger partial charge on any atom is -0.496 e. The summed E-state index contributed by atoms with van der Waals surface area (Å²) in [6.45, 7) is 0.175. The second-order valence-electron chi connectivity index (χ2n) is 6.03. The van der Waals surface area contributed by atoms with Crippen molar-refractivity contribution in [1.29, 1.82) is 0 Å². The monoisotopic (exact) mass is 466 g/mol. The predicted octanol–water partition coefficient (Wildman–Crippen LogP) is 5.23. The molecule has 1 N–H and O–H groups in total. The summed E-state index contributed by atoms with van der Waals surface area (Å²) in [5.74, 6) is 0.160. The minimum atomic E-state index is -0.272. The minimum absolute atomic E-state index is 0.0819. The Morgan fingerprint density at radius 3 is 2.62 bits per heavy atom. The summed E-state index contributed by atoms with van der Waals surface area (Å²) in [5.41, 5.74) is 1.28. The average molecular weight is 467 g/mol. The number of thiocarbonyl (C=S) groups is 1. The number of carbonyl (C=O) groups excluding carboxylic acids is 2. The fourth-order valence-electron chi connectivity index (χ4n) is 2.68. The molecule has 29 heavy (non-hydrogen) atoms. The number of anilines is 1. The smallest absolute Gasteiger partial charge is 0.266 e. The van der Waals surface area contributed by atoms with Crippen LogP contribution in [0.4, 0.5) is 5.69 Å². The molecule has 0 saturated carbocycles. The van der Waals surface area contributed by atoms with E-state index in [0.717, 1.165) is 5.56 Å². The zero-order valence-electron chi connectivity index (χ0n) is 15.3. The summed E-state index contributed by atoms with van der Waals surface area (Å²) in [6, 6.07) is 12.2. The Bertz CT molecular complexity index is 991. The number of thioether (sulfide) groups is 1. The number of para-hydroxylation sites is 1. The Labute approximate surface area is 188 Å². The van der Waals surface area contributed by atoms with Crippen LogP contribution in [0, 0.1) is 0 Å². The van der Waals surface area contributed by atoms with E-state index in [0.29, 0.717) is 30.7 Å². The number of nitrogens with one attached hydrogen (secondary N) is 1. The Morgan fingerprint density at radius 1 is 1.24 bits per heavy atom. The van der Waals surface area contributed by atoms with Crippen molar-refractivity contribution in [2.24, 2.45) is 0 Å². The van der Waals surface area contributed by atoms with Crippen LogP contribution in [-0.2, 0) is 9.59 Å². The number of ether oxygens (including phenoxy) is 1. The molecule has 1 fully saturated rings. The first-order valence-electron chi connectivity index (χ1n) is 8.51. The van der Waals surface area contributed by atoms with Gasteiger partial charge in [-0.05, 0) is 30.3 Å². The summed E-state index contributed by atoms with van der Waals surface area (Å²) < 4.78 is 5.73. The third kappa shape index (κ3) is 5.51. The first-order chi connectivity index (χ1) is 13.9. The molecule has 2 amide bonds. The van der Waals surface area contributed by atoms with Crippen LogP contribution in [0.25, 0.3) is 6.08 Å². The standard InChI is InChI=1S/C20H16Cl2N2O3S2/c1-27-16-5-3-2-4-12(16)8-17-19(26)24(20(28)29-17)7-6-18(25)23-15-10-13(21)9-14(22)11-15/h2-5,8-11H,6-7H2,1H3,(H,23,25). The molecule has 2 aromatic rings. The van der Waals surface area contributed by atoms with Crippen LogP contribution < -0.4 is 10.1 Å². The Kier molecular flexibility index (Phi) is 7.18. The lowest BCUT2D eigenvalue weighted by atomic mass is 10.2. The molecule has 1 aliphatic heterocycles. The lowest BCUT2D eigenvalue weighted by Crippen LogP contribution is -2.31. The molecule has 5 nitrogen and oxygen atoms in total. The molecule has 3 rings (SSSR count). The predicted molar refractivity (Wildman–Crippen MR) is 123 cm³/mol. The number of rotatable bonds is 6. The molecular weight excluding hydrogens is 451 g/mol. The van der Waals surface area contributed by atoms with Crippen molar-refractivity contribution < 1.29 is 14.3 Å². The molecule has 1 aliphatic rings. The third-order valence-corrected chi connectivity index (χ3v) is 5.82. The van der Waals surface area contributed by atoms with E-state index in [2.05, 4.69) is 5.32 Å². The molecule has 1 heterocycles. The number of halogens is 2. The summed E-state index contributed by atoms with van der Waals surface area (Å²) in [7, 11) is 1.57. The van der Waals surface area contributed by atoms with Gasteiger partial charge in [-0.25, -0.2) is 0 Å². The number of hydrogen-bond donors (Lipinski definition) is 1. The van der Waals surface area contributed by atoms with E-state index < -0.39 is 0 Å². The second-order valence-corrected chi connectivity index (χ2v) is 8.58. The van der Waals surface area contributed by atoms with Crippen molar-refractivity contribution in [3.05, 3.63) is 63.0 Å². The molecule has 0 spiro atoms. The topological polar surface area (TPSA) is 58.6 Å². The molecule has 1 saturated heterocycles. The average Bonchev–Trinajstić information content (AvgIpc) is 2.92. The highest BCUT2D eigenvalue weighted by Gasteiger charge is 2.32. The van der Waals surface area contributed by atoms with Gasteiger partial charge < -0.3 is 10.1 Å². The molecule has 0 aliphatic carbocycles. The quantitative estimate of drug-likeness (QED) is 0.466. The van der Waals surface area contributed by atoms with E-state index in [9.17, 15) is 9.59 Å². The highest BCUT2D eigenvalue weighted by molar-refractivity contribution is 8.26. The van der Waals surface area contributed by atoms with Crippen molar-refractivity contribution in [3.63, 3.8) is 0 Å². The number of benzene rings is 2. The van der Waals surface area contributed by atoms with Gasteiger partial charge in [0.2, 0.25) is 5.91 Å². The molecule has 150 valence electrons.